The molecular weight excluding hydrogens is 438 g/mol. The van der Waals surface area contributed by atoms with Crippen LogP contribution in [0.3, 0.4) is 0 Å². The van der Waals surface area contributed by atoms with Gasteiger partial charge in [-0.25, -0.2) is 4.79 Å². The van der Waals surface area contributed by atoms with Crippen LogP contribution in [0.1, 0.15) is 29.7 Å². The average Bonchev–Trinajstić information content (AvgIpc) is 3.05. The van der Waals surface area contributed by atoms with Crippen LogP contribution in [0.5, 0.6) is 0 Å². The van der Waals surface area contributed by atoms with Gasteiger partial charge in [0.25, 0.3) is 5.91 Å². The van der Waals surface area contributed by atoms with E-state index in [1.807, 2.05) is 73.7 Å². The minimum Gasteiger partial charge on any atom is -0.348 e. The summed E-state index contributed by atoms with van der Waals surface area (Å²) < 4.78 is 0. The number of hydrogen-bond donors (Lipinski definition) is 2. The number of benzene rings is 3. The Balaban J connectivity index is 1.55. The van der Waals surface area contributed by atoms with Crippen molar-refractivity contribution in [3.63, 3.8) is 0 Å². The predicted octanol–water partition coefficient (Wildman–Crippen LogP) is 4.21. The molecule has 4 amide bonds. The SMILES string of the molecule is CC(NC(=O)CN1C(=O)NC(Cc2ccccc2)(c2ccccc2)C1=O)c1cccc(Cl)c1. The van der Waals surface area contributed by atoms with E-state index in [1.54, 1.807) is 18.2 Å². The summed E-state index contributed by atoms with van der Waals surface area (Å²) in [6.45, 7) is 1.44. The first-order valence-electron chi connectivity index (χ1n) is 10.7. The monoisotopic (exact) mass is 461 g/mol. The van der Waals surface area contributed by atoms with Crippen LogP contribution in [0.2, 0.25) is 5.02 Å². The van der Waals surface area contributed by atoms with Crippen molar-refractivity contribution in [2.24, 2.45) is 0 Å². The van der Waals surface area contributed by atoms with Crippen LogP contribution in [0.25, 0.3) is 0 Å². The molecule has 1 fully saturated rings. The lowest BCUT2D eigenvalue weighted by Gasteiger charge is -2.27. The molecule has 3 aromatic rings. The Bertz CT molecular complexity index is 1170. The second-order valence-electron chi connectivity index (χ2n) is 8.10. The zero-order valence-electron chi connectivity index (χ0n) is 18.1. The zero-order valence-corrected chi connectivity index (χ0v) is 18.9. The molecule has 6 nitrogen and oxygen atoms in total. The Morgan fingerprint density at radius 3 is 2.33 bits per heavy atom. The molecule has 2 atom stereocenters. The van der Waals surface area contributed by atoms with Crippen LogP contribution in [-0.2, 0) is 21.5 Å². The molecule has 1 aliphatic rings. The van der Waals surface area contributed by atoms with E-state index in [0.717, 1.165) is 16.0 Å². The molecule has 0 spiro atoms. The lowest BCUT2D eigenvalue weighted by Crippen LogP contribution is -2.47. The van der Waals surface area contributed by atoms with Gasteiger partial charge in [-0.3, -0.25) is 14.5 Å². The maximum atomic E-state index is 13.6. The van der Waals surface area contributed by atoms with Gasteiger partial charge in [0.1, 0.15) is 6.54 Å². The highest BCUT2D eigenvalue weighted by Crippen LogP contribution is 2.33. The fraction of sp³-hybridized carbons (Fsp3) is 0.192. The van der Waals surface area contributed by atoms with Crippen LogP contribution >= 0.6 is 11.6 Å². The number of nitrogens with zero attached hydrogens (tertiary/aromatic N) is 1. The van der Waals surface area contributed by atoms with E-state index >= 15 is 0 Å². The maximum Gasteiger partial charge on any atom is 0.325 e. The maximum absolute atomic E-state index is 13.6. The summed E-state index contributed by atoms with van der Waals surface area (Å²) in [6.07, 6.45) is 0.277. The number of imide groups is 1. The second-order valence-corrected chi connectivity index (χ2v) is 8.54. The Hall–Kier alpha value is -3.64. The van der Waals surface area contributed by atoms with Crippen LogP contribution in [-0.4, -0.2) is 29.3 Å². The van der Waals surface area contributed by atoms with Crippen LogP contribution in [0, 0.1) is 0 Å². The molecule has 0 bridgehead atoms. The Kier molecular flexibility index (Phi) is 6.47. The molecule has 0 aromatic heterocycles. The minimum absolute atomic E-state index is 0.277. The normalized spacial score (nSPS) is 18.7. The molecule has 0 radical (unpaired) electrons. The average molecular weight is 462 g/mol. The van der Waals surface area contributed by atoms with Crippen molar-refractivity contribution in [2.45, 2.75) is 24.9 Å². The van der Waals surface area contributed by atoms with Gasteiger partial charge in [0.2, 0.25) is 5.91 Å². The van der Waals surface area contributed by atoms with Gasteiger partial charge in [-0.05, 0) is 35.7 Å². The zero-order chi connectivity index (χ0) is 23.4. The first kappa shape index (κ1) is 22.6. The Labute approximate surface area is 197 Å². The van der Waals surface area contributed by atoms with Gasteiger partial charge in [-0.15, -0.1) is 0 Å². The lowest BCUT2D eigenvalue weighted by molar-refractivity contribution is -0.135. The van der Waals surface area contributed by atoms with E-state index in [4.69, 9.17) is 11.6 Å². The molecule has 3 aromatic carbocycles. The summed E-state index contributed by atoms with van der Waals surface area (Å²) in [5, 5.41) is 6.27. The number of amides is 4. The number of carbonyl (C=O) groups excluding carboxylic acids is 3. The van der Waals surface area contributed by atoms with Gasteiger partial charge < -0.3 is 10.6 Å². The predicted molar refractivity (Wildman–Crippen MR) is 127 cm³/mol. The Morgan fingerprint density at radius 2 is 1.67 bits per heavy atom. The first-order chi connectivity index (χ1) is 15.9. The van der Waals surface area contributed by atoms with Crippen molar-refractivity contribution in [1.82, 2.24) is 15.5 Å². The third-order valence-electron chi connectivity index (χ3n) is 5.78. The van der Waals surface area contributed by atoms with E-state index in [0.29, 0.717) is 10.6 Å². The minimum atomic E-state index is -1.28. The number of halogens is 1. The summed E-state index contributed by atoms with van der Waals surface area (Å²) in [5.74, 6) is -0.886. The number of urea groups is 1. The molecule has 1 heterocycles. The van der Waals surface area contributed by atoms with Gasteiger partial charge >= 0.3 is 6.03 Å². The smallest absolute Gasteiger partial charge is 0.325 e. The number of carbonyl (C=O) groups is 3. The van der Waals surface area contributed by atoms with E-state index in [1.165, 1.54) is 0 Å². The van der Waals surface area contributed by atoms with Gasteiger partial charge in [-0.1, -0.05) is 84.4 Å². The van der Waals surface area contributed by atoms with Crippen molar-refractivity contribution in [3.8, 4) is 0 Å². The van der Waals surface area contributed by atoms with Gasteiger partial charge in [0.05, 0.1) is 6.04 Å². The first-order valence-corrected chi connectivity index (χ1v) is 11.1. The van der Waals surface area contributed by atoms with Gasteiger partial charge in [-0.2, -0.15) is 0 Å². The van der Waals surface area contributed by atoms with Crippen molar-refractivity contribution in [3.05, 3.63) is 107 Å². The third kappa shape index (κ3) is 4.76. The molecular formula is C26H24ClN3O3. The quantitative estimate of drug-likeness (QED) is 0.517. The van der Waals surface area contributed by atoms with Gasteiger partial charge in [0.15, 0.2) is 5.54 Å². The molecule has 2 unspecified atom stereocenters. The highest BCUT2D eigenvalue weighted by atomic mass is 35.5. The number of rotatable bonds is 7. The fourth-order valence-electron chi connectivity index (χ4n) is 4.10. The molecule has 4 rings (SSSR count). The fourth-order valence-corrected chi connectivity index (χ4v) is 4.30. The number of nitrogens with one attached hydrogen (secondary N) is 2. The van der Waals surface area contributed by atoms with Gasteiger partial charge in [0, 0.05) is 11.4 Å². The molecule has 168 valence electrons. The topological polar surface area (TPSA) is 78.5 Å². The Morgan fingerprint density at radius 1 is 1.00 bits per heavy atom. The molecule has 1 aliphatic heterocycles. The molecule has 33 heavy (non-hydrogen) atoms. The van der Waals surface area contributed by atoms with Crippen LogP contribution in [0.4, 0.5) is 4.79 Å². The van der Waals surface area contributed by atoms with Crippen molar-refractivity contribution >= 4 is 29.4 Å². The standard InChI is InChI=1S/C26H24ClN3O3/c1-18(20-11-8-14-22(27)15-20)28-23(31)17-30-24(32)26(29-25(30)33,21-12-6-3-7-13-21)16-19-9-4-2-5-10-19/h2-15,18H,16-17H2,1H3,(H,28,31)(H,29,33). The van der Waals surface area contributed by atoms with Crippen molar-refractivity contribution < 1.29 is 14.4 Å². The molecule has 0 saturated carbocycles. The summed E-state index contributed by atoms with van der Waals surface area (Å²) in [6, 6.07) is 24.8. The van der Waals surface area contributed by atoms with E-state index < -0.39 is 23.4 Å². The summed E-state index contributed by atoms with van der Waals surface area (Å²) in [5.41, 5.74) is 1.12. The second kappa shape index (κ2) is 9.46. The summed E-state index contributed by atoms with van der Waals surface area (Å²) >= 11 is 6.04. The van der Waals surface area contributed by atoms with Crippen molar-refractivity contribution in [2.75, 3.05) is 6.54 Å². The number of hydrogen-bond acceptors (Lipinski definition) is 3. The highest BCUT2D eigenvalue weighted by molar-refractivity contribution is 6.30. The summed E-state index contributed by atoms with van der Waals surface area (Å²) in [7, 11) is 0. The lowest BCUT2D eigenvalue weighted by atomic mass is 9.83. The van der Waals surface area contributed by atoms with E-state index in [-0.39, 0.29) is 19.0 Å². The van der Waals surface area contributed by atoms with Crippen LogP contribution in [0.15, 0.2) is 84.9 Å². The third-order valence-corrected chi connectivity index (χ3v) is 6.02. The van der Waals surface area contributed by atoms with Crippen LogP contribution < -0.4 is 10.6 Å². The molecule has 0 aliphatic carbocycles. The van der Waals surface area contributed by atoms with E-state index in [9.17, 15) is 14.4 Å². The van der Waals surface area contributed by atoms with Crippen molar-refractivity contribution in [1.29, 1.82) is 0 Å². The largest absolute Gasteiger partial charge is 0.348 e. The molecule has 1 saturated heterocycles. The highest BCUT2D eigenvalue weighted by Gasteiger charge is 2.52. The molecule has 7 heteroatoms. The molecule has 2 N–H and O–H groups in total. The summed E-state index contributed by atoms with van der Waals surface area (Å²) in [4.78, 5) is 40.2. The van der Waals surface area contributed by atoms with E-state index in [2.05, 4.69) is 10.6 Å².